The second kappa shape index (κ2) is 9.81. The first-order valence-corrected chi connectivity index (χ1v) is 11.2. The highest BCUT2D eigenvalue weighted by molar-refractivity contribution is 5.99. The van der Waals surface area contributed by atoms with E-state index in [-0.39, 0.29) is 28.7 Å². The molecule has 0 unspecified atom stereocenters. The molecule has 0 aliphatic heterocycles. The molecule has 38 heavy (non-hydrogen) atoms. The van der Waals surface area contributed by atoms with Gasteiger partial charge in [-0.3, -0.25) is 14.2 Å². The van der Waals surface area contributed by atoms with Crippen LogP contribution in [0.1, 0.15) is 17.4 Å². The number of H-pyrrole nitrogens is 1. The molecule has 0 radical (unpaired) electrons. The third-order valence-corrected chi connectivity index (χ3v) is 5.51. The number of nitrogens with one attached hydrogen (secondary N) is 1. The van der Waals surface area contributed by atoms with Gasteiger partial charge >= 0.3 is 17.7 Å². The number of amides is 1. The van der Waals surface area contributed by atoms with Crippen LogP contribution in [0.2, 0.25) is 0 Å². The number of carboxylic acid groups (broad SMARTS) is 1. The van der Waals surface area contributed by atoms with Crippen LogP contribution < -0.4 is 15.2 Å². The van der Waals surface area contributed by atoms with Crippen LogP contribution in [0, 0.1) is 0 Å². The zero-order valence-corrected chi connectivity index (χ0v) is 19.8. The summed E-state index contributed by atoms with van der Waals surface area (Å²) in [6.45, 7) is 1.83. The molecular weight excluding hydrogens is 498 g/mol. The Balaban J connectivity index is 1.58. The molecule has 5 aromatic rings. The molecule has 0 aliphatic carbocycles. The van der Waals surface area contributed by atoms with E-state index in [0.29, 0.717) is 28.8 Å². The van der Waals surface area contributed by atoms with Crippen molar-refractivity contribution in [1.82, 2.24) is 25.2 Å². The zero-order chi connectivity index (χ0) is 26.8. The number of hydrogen-bond acceptors (Lipinski definition) is 10. The summed E-state index contributed by atoms with van der Waals surface area (Å²) in [5, 5.41) is 42.1. The number of nitrogen functional groups attached to an aromatic ring is 1. The van der Waals surface area contributed by atoms with E-state index in [4.69, 9.17) is 10.5 Å². The Bertz CT molecular complexity index is 1680. The number of nitrogens with two attached hydrogens (primary N) is 1. The van der Waals surface area contributed by atoms with Gasteiger partial charge in [-0.25, -0.2) is 0 Å². The number of anilines is 1. The number of hydrogen-bond donors (Lipinski definition) is 4. The predicted molar refractivity (Wildman–Crippen MR) is 129 cm³/mol. The molecule has 5 N–H and O–H groups in total. The highest BCUT2D eigenvalue weighted by Gasteiger charge is 2.32. The number of carbonyl (C=O) groups is 2. The van der Waals surface area contributed by atoms with Crippen LogP contribution in [0.4, 0.5) is 11.5 Å². The van der Waals surface area contributed by atoms with E-state index >= 15 is 0 Å². The van der Waals surface area contributed by atoms with E-state index in [2.05, 4.69) is 35.5 Å². The lowest BCUT2D eigenvalue weighted by Gasteiger charge is -2.04. The van der Waals surface area contributed by atoms with Crippen molar-refractivity contribution < 1.29 is 33.8 Å². The number of carboxylic acids is 1. The third kappa shape index (κ3) is 4.27. The molecule has 0 atom stereocenters. The van der Waals surface area contributed by atoms with Crippen molar-refractivity contribution >= 4 is 34.3 Å². The van der Waals surface area contributed by atoms with E-state index in [0.717, 1.165) is 4.57 Å². The summed E-state index contributed by atoms with van der Waals surface area (Å²) in [7, 11) is 0. The van der Waals surface area contributed by atoms with Crippen molar-refractivity contribution in [3.63, 3.8) is 0 Å². The van der Waals surface area contributed by atoms with E-state index in [9.17, 15) is 19.8 Å². The summed E-state index contributed by atoms with van der Waals surface area (Å²) in [5.41, 5.74) is 6.82. The number of fused-ring (bicyclic) bond motifs is 1. The van der Waals surface area contributed by atoms with Crippen LogP contribution in [0.3, 0.4) is 0 Å². The van der Waals surface area contributed by atoms with Crippen LogP contribution >= 0.6 is 0 Å². The summed E-state index contributed by atoms with van der Waals surface area (Å²) in [4.78, 5) is 24.5. The van der Waals surface area contributed by atoms with Crippen molar-refractivity contribution in [2.45, 2.75) is 13.5 Å². The second-order valence-corrected chi connectivity index (χ2v) is 7.85. The average molecular weight is 518 g/mol. The van der Waals surface area contributed by atoms with Gasteiger partial charge in [0.1, 0.15) is 17.5 Å². The lowest BCUT2D eigenvalue weighted by Crippen LogP contribution is -2.36. The molecule has 0 saturated carbocycles. The van der Waals surface area contributed by atoms with Crippen molar-refractivity contribution in [3.8, 4) is 28.7 Å². The van der Waals surface area contributed by atoms with E-state index in [1.54, 1.807) is 48.5 Å². The average Bonchev–Trinajstić information content (AvgIpc) is 3.60. The molecule has 0 bridgehead atoms. The van der Waals surface area contributed by atoms with Crippen molar-refractivity contribution in [3.05, 3.63) is 54.2 Å². The highest BCUT2D eigenvalue weighted by Crippen LogP contribution is 2.39. The first-order valence-electron chi connectivity index (χ1n) is 11.2. The standard InChI is InChI=1S/C23H19N9O6/c1-2-37-13-9-7-12(8-10-13)19-18(26-30-32(19)21-20(24)28-38-29-21)22(35)27-25-17-14-5-3-4-6-15(14)31(23(17)36)11-16(33)34/h3-10H,2,11H2,1H3,(H4,24,27,28,33,34,35,36)/p+1. The van der Waals surface area contributed by atoms with E-state index in [1.807, 2.05) is 6.92 Å². The Morgan fingerprint density at radius 3 is 2.63 bits per heavy atom. The van der Waals surface area contributed by atoms with Gasteiger partial charge in [0.05, 0.1) is 12.1 Å². The number of aromatic nitrogens is 6. The molecule has 0 spiro atoms. The molecule has 2 aromatic carbocycles. The van der Waals surface area contributed by atoms with Crippen molar-refractivity contribution in [1.29, 1.82) is 0 Å². The van der Waals surface area contributed by atoms with Crippen LogP contribution in [0.5, 0.6) is 11.6 Å². The molecule has 15 heteroatoms. The number of para-hydroxylation sites is 1. The fourth-order valence-electron chi connectivity index (χ4n) is 3.91. The van der Waals surface area contributed by atoms with Gasteiger partial charge in [0.25, 0.3) is 11.5 Å². The van der Waals surface area contributed by atoms with Crippen LogP contribution in [0.15, 0.2) is 63.4 Å². The first-order chi connectivity index (χ1) is 18.4. The molecule has 0 aliphatic rings. The molecule has 3 heterocycles. The Hall–Kier alpha value is -5.60. The molecule has 1 amide bonds. The Labute approximate surface area is 212 Å². The molecule has 0 fully saturated rings. The summed E-state index contributed by atoms with van der Waals surface area (Å²) in [6, 6.07) is 13.4. The van der Waals surface area contributed by atoms with Crippen LogP contribution in [-0.4, -0.2) is 53.9 Å². The number of azo groups is 1. The number of nitrogens with zero attached hydrogens (tertiary/aromatic N) is 7. The van der Waals surface area contributed by atoms with Gasteiger partial charge in [-0.15, -0.1) is 20.1 Å². The summed E-state index contributed by atoms with van der Waals surface area (Å²) in [6.07, 6.45) is 0. The number of carbonyl (C=O) groups excluding carboxylic acids is 1. The van der Waals surface area contributed by atoms with Crippen LogP contribution in [-0.2, 0) is 11.3 Å². The van der Waals surface area contributed by atoms with E-state index < -0.39 is 24.3 Å². The monoisotopic (exact) mass is 518 g/mol. The summed E-state index contributed by atoms with van der Waals surface area (Å²) < 4.78 is 12.6. The van der Waals surface area contributed by atoms with Gasteiger partial charge in [0.15, 0.2) is 11.4 Å². The lowest BCUT2D eigenvalue weighted by molar-refractivity contribution is -0.652. The second-order valence-electron chi connectivity index (χ2n) is 7.85. The number of benzene rings is 2. The molecule has 5 rings (SSSR count). The number of aromatic amines is 1. The molecule has 0 saturated heterocycles. The Kier molecular flexibility index (Phi) is 6.22. The highest BCUT2D eigenvalue weighted by atomic mass is 16.6. The minimum absolute atomic E-state index is 0.0531. The topological polar surface area (TPSA) is 211 Å². The van der Waals surface area contributed by atoms with Gasteiger partial charge in [-0.2, -0.15) is 4.63 Å². The quantitative estimate of drug-likeness (QED) is 0.174. The van der Waals surface area contributed by atoms with E-state index in [1.165, 1.54) is 4.68 Å². The van der Waals surface area contributed by atoms with Gasteiger partial charge in [0, 0.05) is 10.9 Å². The van der Waals surface area contributed by atoms with Gasteiger partial charge in [-0.05, 0) is 47.5 Å². The third-order valence-electron chi connectivity index (χ3n) is 5.51. The maximum atomic E-state index is 13.2. The van der Waals surface area contributed by atoms with Crippen molar-refractivity contribution in [2.24, 2.45) is 10.2 Å². The maximum absolute atomic E-state index is 13.2. The largest absolute Gasteiger partial charge is 0.494 e. The SMILES string of the molecule is CCOc1ccc(-c2c(C(=O)N=Nc3c(O)n(CC(=O)O)c4ccccc34)n[nH][n+]2-c2nonc2N)cc1. The number of aromatic hydroxyl groups is 1. The minimum Gasteiger partial charge on any atom is -0.494 e. The maximum Gasteiger partial charge on any atom is 0.377 e. The number of ether oxygens (including phenoxy) is 1. The fourth-order valence-corrected chi connectivity index (χ4v) is 3.91. The minimum atomic E-state index is -1.16. The Morgan fingerprint density at radius 2 is 1.95 bits per heavy atom. The molecule has 15 nitrogen and oxygen atoms in total. The van der Waals surface area contributed by atoms with Gasteiger partial charge in [0.2, 0.25) is 5.88 Å². The summed E-state index contributed by atoms with van der Waals surface area (Å²) in [5.74, 6) is -1.85. The van der Waals surface area contributed by atoms with Gasteiger partial charge < -0.3 is 20.7 Å². The van der Waals surface area contributed by atoms with Gasteiger partial charge in [-0.1, -0.05) is 18.2 Å². The van der Waals surface area contributed by atoms with Crippen LogP contribution in [0.25, 0.3) is 28.0 Å². The predicted octanol–water partition coefficient (Wildman–Crippen LogP) is 2.39. The summed E-state index contributed by atoms with van der Waals surface area (Å²) >= 11 is 0. The fraction of sp³-hybridized carbons (Fsp3) is 0.130. The molecule has 3 aromatic heterocycles. The smallest absolute Gasteiger partial charge is 0.377 e. The first kappa shape index (κ1) is 24.1. The van der Waals surface area contributed by atoms with Crippen molar-refractivity contribution in [2.75, 3.05) is 12.3 Å². The zero-order valence-electron chi connectivity index (χ0n) is 19.8. The normalized spacial score (nSPS) is 11.4. The molecular formula is C23H20N9O6+. The number of aliphatic carboxylic acids is 1. The Morgan fingerprint density at radius 1 is 1.18 bits per heavy atom. The lowest BCUT2D eigenvalue weighted by atomic mass is 10.1. The number of rotatable bonds is 8. The molecule has 192 valence electrons.